The highest BCUT2D eigenvalue weighted by Crippen LogP contribution is 2.22. The van der Waals surface area contributed by atoms with Gasteiger partial charge in [-0.2, -0.15) is 16.3 Å². The molecule has 0 spiro atoms. The molecular weight excluding hydrogens is 348 g/mol. The van der Waals surface area contributed by atoms with Gasteiger partial charge in [0.15, 0.2) is 0 Å². The second-order valence-corrected chi connectivity index (χ2v) is 7.21. The van der Waals surface area contributed by atoms with Gasteiger partial charge in [0.1, 0.15) is 0 Å². The Morgan fingerprint density at radius 1 is 1.23 bits per heavy atom. The topological polar surface area (TPSA) is 71.3 Å². The highest BCUT2D eigenvalue weighted by Gasteiger charge is 2.26. The molecule has 0 aliphatic carbocycles. The first-order valence-corrected chi connectivity index (χ1v) is 9.65. The molecule has 0 bridgehead atoms. The van der Waals surface area contributed by atoms with Crippen LogP contribution in [-0.4, -0.2) is 34.0 Å². The minimum absolute atomic E-state index is 0.0514. The number of hydrogen-bond donors (Lipinski definition) is 1. The Bertz CT molecular complexity index is 840. The van der Waals surface area contributed by atoms with Crippen LogP contribution in [0.4, 0.5) is 5.69 Å². The number of anilines is 1. The summed E-state index contributed by atoms with van der Waals surface area (Å²) in [7, 11) is 0. The lowest BCUT2D eigenvalue weighted by Crippen LogP contribution is -2.37. The number of carbonyl (C=O) groups excluding carboxylic acids is 1. The minimum Gasteiger partial charge on any atom is -0.338 e. The van der Waals surface area contributed by atoms with Crippen molar-refractivity contribution in [2.75, 3.05) is 18.4 Å². The third-order valence-electron chi connectivity index (χ3n) is 4.61. The van der Waals surface area contributed by atoms with E-state index in [0.717, 1.165) is 37.2 Å². The molecule has 26 heavy (non-hydrogen) atoms. The molecule has 1 aromatic carbocycles. The van der Waals surface area contributed by atoms with Gasteiger partial charge in [0, 0.05) is 22.5 Å². The fourth-order valence-corrected chi connectivity index (χ4v) is 3.77. The Morgan fingerprint density at radius 2 is 2.04 bits per heavy atom. The number of carbonyl (C=O) groups is 1. The van der Waals surface area contributed by atoms with Crippen molar-refractivity contribution in [3.05, 3.63) is 53.0 Å². The van der Waals surface area contributed by atoms with Crippen molar-refractivity contribution in [3.63, 3.8) is 0 Å². The molecule has 4 rings (SSSR count). The lowest BCUT2D eigenvalue weighted by molar-refractivity contribution is -0.121. The van der Waals surface area contributed by atoms with Gasteiger partial charge >= 0.3 is 0 Å². The fraction of sp³-hybridized carbons (Fsp3) is 0.316. The van der Waals surface area contributed by atoms with E-state index in [1.54, 1.807) is 11.3 Å². The number of rotatable bonds is 5. The number of piperidine rings is 1. The summed E-state index contributed by atoms with van der Waals surface area (Å²) in [5, 5.41) is 11.0. The quantitative estimate of drug-likeness (QED) is 0.744. The monoisotopic (exact) mass is 368 g/mol. The standard InChI is InChI=1S/C19H20N4O2S/c24-19(20-16-4-2-1-3-5-16)14-6-9-23(10-7-14)12-17-21-18(22-25-17)15-8-11-26-13-15/h1-5,8,11,13-14H,6-7,9-10,12H2,(H,20,24). The maximum atomic E-state index is 12.4. The Hall–Kier alpha value is -2.51. The van der Waals surface area contributed by atoms with Gasteiger partial charge in [-0.05, 0) is 49.5 Å². The van der Waals surface area contributed by atoms with E-state index >= 15 is 0 Å². The number of hydrogen-bond acceptors (Lipinski definition) is 6. The van der Waals surface area contributed by atoms with Crippen LogP contribution in [0.15, 0.2) is 51.7 Å². The highest BCUT2D eigenvalue weighted by molar-refractivity contribution is 7.08. The van der Waals surface area contributed by atoms with Crippen LogP contribution in [0, 0.1) is 5.92 Å². The Balaban J connectivity index is 1.28. The summed E-state index contributed by atoms with van der Waals surface area (Å²) in [6, 6.07) is 11.6. The normalized spacial score (nSPS) is 15.8. The average Bonchev–Trinajstić information content (AvgIpc) is 3.35. The van der Waals surface area contributed by atoms with Crippen LogP contribution in [0.3, 0.4) is 0 Å². The van der Waals surface area contributed by atoms with Crippen molar-refractivity contribution < 1.29 is 9.32 Å². The van der Waals surface area contributed by atoms with Crippen molar-refractivity contribution in [2.45, 2.75) is 19.4 Å². The van der Waals surface area contributed by atoms with E-state index in [1.165, 1.54) is 0 Å². The molecule has 1 N–H and O–H groups in total. The summed E-state index contributed by atoms with van der Waals surface area (Å²) in [6.45, 7) is 2.33. The van der Waals surface area contributed by atoms with E-state index in [-0.39, 0.29) is 11.8 Å². The lowest BCUT2D eigenvalue weighted by Gasteiger charge is -2.30. The number of para-hydroxylation sites is 1. The van der Waals surface area contributed by atoms with Crippen molar-refractivity contribution in [1.82, 2.24) is 15.0 Å². The molecule has 7 heteroatoms. The van der Waals surface area contributed by atoms with Gasteiger partial charge in [-0.15, -0.1) is 0 Å². The van der Waals surface area contributed by atoms with Gasteiger partial charge in [-0.25, -0.2) is 0 Å². The third-order valence-corrected chi connectivity index (χ3v) is 5.29. The van der Waals surface area contributed by atoms with Crippen LogP contribution in [0.2, 0.25) is 0 Å². The number of amides is 1. The van der Waals surface area contributed by atoms with Crippen LogP contribution >= 0.6 is 11.3 Å². The van der Waals surface area contributed by atoms with E-state index in [0.29, 0.717) is 18.3 Å². The number of nitrogens with one attached hydrogen (secondary N) is 1. The van der Waals surface area contributed by atoms with Gasteiger partial charge in [-0.1, -0.05) is 23.4 Å². The maximum absolute atomic E-state index is 12.4. The van der Waals surface area contributed by atoms with Gasteiger partial charge in [-0.3, -0.25) is 9.69 Å². The molecular formula is C19H20N4O2S. The molecule has 2 aromatic heterocycles. The second-order valence-electron chi connectivity index (χ2n) is 6.43. The number of thiophene rings is 1. The number of benzene rings is 1. The first kappa shape index (κ1) is 16.9. The summed E-state index contributed by atoms with van der Waals surface area (Å²) in [5.74, 6) is 1.42. The van der Waals surface area contributed by atoms with E-state index in [1.807, 2.05) is 47.2 Å². The van der Waals surface area contributed by atoms with Crippen molar-refractivity contribution in [3.8, 4) is 11.4 Å². The summed E-state index contributed by atoms with van der Waals surface area (Å²) in [4.78, 5) is 19.1. The second kappa shape index (κ2) is 7.80. The van der Waals surface area contributed by atoms with Crippen LogP contribution < -0.4 is 5.32 Å². The molecule has 0 unspecified atom stereocenters. The maximum Gasteiger partial charge on any atom is 0.241 e. The van der Waals surface area contributed by atoms with Crippen LogP contribution in [0.25, 0.3) is 11.4 Å². The lowest BCUT2D eigenvalue weighted by atomic mass is 9.96. The molecule has 3 heterocycles. The molecule has 1 fully saturated rings. The van der Waals surface area contributed by atoms with Crippen LogP contribution in [-0.2, 0) is 11.3 Å². The molecule has 1 amide bonds. The van der Waals surface area contributed by atoms with E-state index < -0.39 is 0 Å². The Kier molecular flexibility index (Phi) is 5.08. The molecule has 3 aromatic rings. The zero-order valence-electron chi connectivity index (χ0n) is 14.3. The molecule has 0 atom stereocenters. The van der Waals surface area contributed by atoms with E-state index in [4.69, 9.17) is 4.52 Å². The average molecular weight is 368 g/mol. The number of nitrogens with zero attached hydrogens (tertiary/aromatic N) is 3. The zero-order chi connectivity index (χ0) is 17.8. The van der Waals surface area contributed by atoms with E-state index in [9.17, 15) is 4.79 Å². The zero-order valence-corrected chi connectivity index (χ0v) is 15.1. The predicted octanol–water partition coefficient (Wildman–Crippen LogP) is 3.65. The minimum atomic E-state index is 0.0514. The highest BCUT2D eigenvalue weighted by atomic mass is 32.1. The Morgan fingerprint density at radius 3 is 2.77 bits per heavy atom. The van der Waals surface area contributed by atoms with Crippen LogP contribution in [0.1, 0.15) is 18.7 Å². The molecule has 1 aliphatic heterocycles. The van der Waals surface area contributed by atoms with Crippen molar-refractivity contribution >= 4 is 22.9 Å². The van der Waals surface area contributed by atoms with Gasteiger partial charge in [0.25, 0.3) is 0 Å². The van der Waals surface area contributed by atoms with E-state index in [2.05, 4.69) is 20.4 Å². The summed E-state index contributed by atoms with van der Waals surface area (Å²) in [6.07, 6.45) is 1.67. The fourth-order valence-electron chi connectivity index (χ4n) is 3.14. The molecule has 1 saturated heterocycles. The molecule has 134 valence electrons. The molecule has 0 saturated carbocycles. The van der Waals surface area contributed by atoms with Crippen LogP contribution in [0.5, 0.6) is 0 Å². The van der Waals surface area contributed by atoms with Crippen molar-refractivity contribution in [2.24, 2.45) is 5.92 Å². The summed E-state index contributed by atoms with van der Waals surface area (Å²) < 4.78 is 5.37. The predicted molar refractivity (Wildman–Crippen MR) is 101 cm³/mol. The molecule has 6 nitrogen and oxygen atoms in total. The number of likely N-dealkylation sites (tertiary alicyclic amines) is 1. The molecule has 0 radical (unpaired) electrons. The summed E-state index contributed by atoms with van der Waals surface area (Å²) >= 11 is 1.61. The Labute approximate surface area is 155 Å². The first-order chi connectivity index (χ1) is 12.8. The molecule has 1 aliphatic rings. The largest absolute Gasteiger partial charge is 0.338 e. The third kappa shape index (κ3) is 4.00. The van der Waals surface area contributed by atoms with Gasteiger partial charge in [0.05, 0.1) is 6.54 Å². The van der Waals surface area contributed by atoms with Gasteiger partial charge < -0.3 is 9.84 Å². The summed E-state index contributed by atoms with van der Waals surface area (Å²) in [5.41, 5.74) is 1.84. The van der Waals surface area contributed by atoms with Crippen molar-refractivity contribution in [1.29, 1.82) is 0 Å². The first-order valence-electron chi connectivity index (χ1n) is 8.71. The number of aromatic nitrogens is 2. The SMILES string of the molecule is O=C(Nc1ccccc1)C1CCN(Cc2nc(-c3ccsc3)no2)CC1. The smallest absolute Gasteiger partial charge is 0.241 e. The van der Waals surface area contributed by atoms with Gasteiger partial charge in [0.2, 0.25) is 17.6 Å².